The molecule has 1 aromatic carbocycles. The number of carbonyl (C=O) groups excluding carboxylic acids is 1. The highest BCUT2D eigenvalue weighted by molar-refractivity contribution is 6.42. The fraction of sp³-hybridized carbons (Fsp3) is 0.350. The molecular formula is C20H21Cl2N5O. The van der Waals surface area contributed by atoms with Crippen molar-refractivity contribution in [2.24, 2.45) is 5.92 Å². The number of H-pyrrole nitrogens is 1. The molecule has 0 radical (unpaired) electrons. The number of carbonyl (C=O) groups is 1. The van der Waals surface area contributed by atoms with E-state index in [4.69, 9.17) is 23.2 Å². The Labute approximate surface area is 173 Å². The molecular weight excluding hydrogens is 397 g/mol. The number of aromatic amines is 1. The molecule has 1 aliphatic heterocycles. The third-order valence-corrected chi connectivity index (χ3v) is 5.82. The third kappa shape index (κ3) is 4.23. The Balaban J connectivity index is 1.35. The van der Waals surface area contributed by atoms with Gasteiger partial charge in [-0.25, -0.2) is 9.97 Å². The minimum atomic E-state index is 0.187. The zero-order chi connectivity index (χ0) is 19.5. The Morgan fingerprint density at radius 2 is 2.14 bits per heavy atom. The van der Waals surface area contributed by atoms with Gasteiger partial charge in [-0.3, -0.25) is 4.79 Å². The van der Waals surface area contributed by atoms with Crippen molar-refractivity contribution >= 4 is 51.5 Å². The van der Waals surface area contributed by atoms with Crippen LogP contribution < -0.4 is 10.2 Å². The molecule has 2 aromatic heterocycles. The average Bonchev–Trinajstić information content (AvgIpc) is 3.18. The minimum absolute atomic E-state index is 0.187. The van der Waals surface area contributed by atoms with E-state index >= 15 is 0 Å². The summed E-state index contributed by atoms with van der Waals surface area (Å²) in [7, 11) is 0. The molecule has 1 atom stereocenters. The number of ketones is 1. The Morgan fingerprint density at radius 1 is 1.25 bits per heavy atom. The van der Waals surface area contributed by atoms with E-state index in [0.717, 1.165) is 48.5 Å². The van der Waals surface area contributed by atoms with Crippen LogP contribution in [0.3, 0.4) is 0 Å². The maximum atomic E-state index is 12.5. The molecule has 0 bridgehead atoms. The number of hydrogen-bond donors (Lipinski definition) is 2. The second-order valence-corrected chi connectivity index (χ2v) is 7.93. The number of anilines is 2. The molecule has 0 unspecified atom stereocenters. The van der Waals surface area contributed by atoms with Gasteiger partial charge in [0.1, 0.15) is 17.8 Å². The van der Waals surface area contributed by atoms with Gasteiger partial charge in [0.25, 0.3) is 0 Å². The van der Waals surface area contributed by atoms with Crippen LogP contribution >= 0.6 is 23.2 Å². The van der Waals surface area contributed by atoms with E-state index in [0.29, 0.717) is 22.4 Å². The molecule has 1 saturated heterocycles. The summed E-state index contributed by atoms with van der Waals surface area (Å²) in [5.74, 6) is 1.45. The first-order chi connectivity index (χ1) is 13.6. The van der Waals surface area contributed by atoms with Crippen LogP contribution in [0.4, 0.5) is 11.5 Å². The first kappa shape index (κ1) is 19.0. The Kier molecular flexibility index (Phi) is 5.69. The number of piperidine rings is 1. The summed E-state index contributed by atoms with van der Waals surface area (Å²) in [6, 6.07) is 7.28. The van der Waals surface area contributed by atoms with Crippen molar-refractivity contribution in [1.82, 2.24) is 15.0 Å². The quantitative estimate of drug-likeness (QED) is 0.614. The van der Waals surface area contributed by atoms with Crippen molar-refractivity contribution in [3.05, 3.63) is 46.8 Å². The number of nitrogens with one attached hydrogen (secondary N) is 2. The molecule has 28 heavy (non-hydrogen) atoms. The van der Waals surface area contributed by atoms with Crippen LogP contribution in [0.25, 0.3) is 11.0 Å². The number of nitrogens with zero attached hydrogens (tertiary/aromatic N) is 3. The molecule has 0 saturated carbocycles. The predicted molar refractivity (Wildman–Crippen MR) is 113 cm³/mol. The van der Waals surface area contributed by atoms with Crippen molar-refractivity contribution in [2.75, 3.05) is 29.9 Å². The maximum Gasteiger partial charge on any atom is 0.152 e. The van der Waals surface area contributed by atoms with Gasteiger partial charge in [-0.2, -0.15) is 0 Å². The molecule has 1 fully saturated rings. The number of halogens is 2. The van der Waals surface area contributed by atoms with Gasteiger partial charge in [0.2, 0.25) is 0 Å². The summed E-state index contributed by atoms with van der Waals surface area (Å²) in [6.07, 6.45) is 6.11. The maximum absolute atomic E-state index is 12.5. The van der Waals surface area contributed by atoms with Crippen molar-refractivity contribution in [3.63, 3.8) is 0 Å². The van der Waals surface area contributed by atoms with Gasteiger partial charge in [-0.15, -0.1) is 0 Å². The van der Waals surface area contributed by atoms with Crippen molar-refractivity contribution < 1.29 is 4.79 Å². The number of hydrogen-bond acceptors (Lipinski definition) is 5. The van der Waals surface area contributed by atoms with Crippen LogP contribution in [0.15, 0.2) is 36.8 Å². The van der Waals surface area contributed by atoms with Crippen LogP contribution in [-0.2, 0) is 4.79 Å². The van der Waals surface area contributed by atoms with Crippen LogP contribution in [0.2, 0.25) is 10.0 Å². The fourth-order valence-corrected chi connectivity index (χ4v) is 4.03. The lowest BCUT2D eigenvalue weighted by atomic mass is 9.92. The number of rotatable bonds is 6. The van der Waals surface area contributed by atoms with E-state index in [1.807, 2.05) is 18.3 Å². The molecule has 1 aliphatic rings. The summed E-state index contributed by atoms with van der Waals surface area (Å²) in [6.45, 7) is 2.06. The van der Waals surface area contributed by atoms with Crippen LogP contribution in [0.5, 0.6) is 0 Å². The van der Waals surface area contributed by atoms with Crippen molar-refractivity contribution in [2.45, 2.75) is 19.3 Å². The number of Topliss-reactive ketones (excluding diaryl/α,β-unsaturated/α-hetero) is 1. The van der Waals surface area contributed by atoms with Crippen molar-refractivity contribution in [1.29, 1.82) is 0 Å². The van der Waals surface area contributed by atoms with Gasteiger partial charge in [0, 0.05) is 31.4 Å². The zero-order valence-corrected chi connectivity index (χ0v) is 16.8. The van der Waals surface area contributed by atoms with Crippen LogP contribution in [-0.4, -0.2) is 40.4 Å². The van der Waals surface area contributed by atoms with E-state index < -0.39 is 0 Å². The number of benzene rings is 1. The summed E-state index contributed by atoms with van der Waals surface area (Å²) in [5, 5.41) is 5.14. The largest absolute Gasteiger partial charge is 0.378 e. The van der Waals surface area contributed by atoms with E-state index in [9.17, 15) is 4.79 Å². The number of aromatic nitrogens is 3. The molecule has 3 aromatic rings. The monoisotopic (exact) mass is 417 g/mol. The second kappa shape index (κ2) is 8.37. The fourth-order valence-electron chi connectivity index (χ4n) is 3.74. The summed E-state index contributed by atoms with van der Waals surface area (Å²) in [4.78, 5) is 26.6. The standard InChI is InChI=1S/C20H21Cl2N5O/c21-17-4-3-14(9-18(17)22)24-10-15(28)8-13-2-1-7-27(11-13)20-16-5-6-23-19(16)25-12-26-20/h3-6,9,12-13,24H,1-2,7-8,10-11H2,(H,23,25,26)/t13-/m0/s1. The predicted octanol–water partition coefficient (Wildman–Crippen LogP) is 4.55. The van der Waals surface area contributed by atoms with E-state index in [-0.39, 0.29) is 12.3 Å². The Bertz CT molecular complexity index is 990. The molecule has 0 amide bonds. The lowest BCUT2D eigenvalue weighted by Crippen LogP contribution is -2.37. The van der Waals surface area contributed by atoms with E-state index in [1.54, 1.807) is 18.5 Å². The molecule has 8 heteroatoms. The Hall–Kier alpha value is -2.31. The highest BCUT2D eigenvalue weighted by atomic mass is 35.5. The first-order valence-corrected chi connectivity index (χ1v) is 10.1. The molecule has 0 spiro atoms. The summed E-state index contributed by atoms with van der Waals surface area (Å²) >= 11 is 11.9. The van der Waals surface area contributed by atoms with Crippen LogP contribution in [0.1, 0.15) is 19.3 Å². The average molecular weight is 418 g/mol. The molecule has 3 heterocycles. The zero-order valence-electron chi connectivity index (χ0n) is 15.3. The molecule has 4 rings (SSSR count). The molecule has 0 aliphatic carbocycles. The van der Waals surface area contributed by atoms with Crippen LogP contribution in [0, 0.1) is 5.92 Å². The Morgan fingerprint density at radius 3 is 3.00 bits per heavy atom. The summed E-state index contributed by atoms with van der Waals surface area (Å²) < 4.78 is 0. The molecule has 6 nitrogen and oxygen atoms in total. The smallest absolute Gasteiger partial charge is 0.152 e. The van der Waals surface area contributed by atoms with Crippen molar-refractivity contribution in [3.8, 4) is 0 Å². The van der Waals surface area contributed by atoms with Gasteiger partial charge >= 0.3 is 0 Å². The first-order valence-electron chi connectivity index (χ1n) is 9.34. The minimum Gasteiger partial charge on any atom is -0.378 e. The van der Waals surface area contributed by atoms with Gasteiger partial charge in [-0.05, 0) is 43.0 Å². The topological polar surface area (TPSA) is 73.9 Å². The lowest BCUT2D eigenvalue weighted by Gasteiger charge is -2.33. The highest BCUT2D eigenvalue weighted by Crippen LogP contribution is 2.28. The highest BCUT2D eigenvalue weighted by Gasteiger charge is 2.24. The van der Waals surface area contributed by atoms with E-state index in [2.05, 4.69) is 25.2 Å². The number of fused-ring (bicyclic) bond motifs is 1. The van der Waals surface area contributed by atoms with E-state index in [1.165, 1.54) is 0 Å². The summed E-state index contributed by atoms with van der Waals surface area (Å²) in [5.41, 5.74) is 1.64. The van der Waals surface area contributed by atoms with Gasteiger partial charge in [0.05, 0.1) is 22.0 Å². The normalized spacial score (nSPS) is 17.1. The third-order valence-electron chi connectivity index (χ3n) is 5.08. The second-order valence-electron chi connectivity index (χ2n) is 7.12. The van der Waals surface area contributed by atoms with Gasteiger partial charge in [-0.1, -0.05) is 23.2 Å². The SMILES string of the molecule is O=C(CNc1ccc(Cl)c(Cl)c1)C[C@@H]1CCCN(c2ncnc3[nH]ccc23)C1. The van der Waals surface area contributed by atoms with Gasteiger partial charge in [0.15, 0.2) is 5.78 Å². The lowest BCUT2D eigenvalue weighted by molar-refractivity contribution is -0.118. The van der Waals surface area contributed by atoms with Gasteiger partial charge < -0.3 is 15.2 Å². The molecule has 146 valence electrons. The molecule has 2 N–H and O–H groups in total.